The van der Waals surface area contributed by atoms with Crippen molar-refractivity contribution in [2.24, 2.45) is 7.05 Å². The lowest BCUT2D eigenvalue weighted by Crippen LogP contribution is -2.31. The average molecular weight is 329 g/mol. The Hall–Kier alpha value is -1.30. The van der Waals surface area contributed by atoms with Crippen LogP contribution in [0.1, 0.15) is 5.69 Å². The van der Waals surface area contributed by atoms with Gasteiger partial charge in [-0.25, -0.2) is 0 Å². The molecule has 0 aliphatic rings. The Kier molecular flexibility index (Phi) is 4.86. The second-order valence-corrected chi connectivity index (χ2v) is 5.59. The number of hydrogen-bond donors (Lipinski definition) is 1. The predicted molar refractivity (Wildman–Crippen MR) is 87.4 cm³/mol. The van der Waals surface area contributed by atoms with Gasteiger partial charge in [0, 0.05) is 25.3 Å². The molecule has 20 heavy (non-hydrogen) atoms. The second-order valence-electron chi connectivity index (χ2n) is 4.36. The zero-order valence-corrected chi connectivity index (χ0v) is 13.4. The van der Waals surface area contributed by atoms with E-state index in [0.29, 0.717) is 27.4 Å². The fourth-order valence-electron chi connectivity index (χ4n) is 1.68. The molecule has 4 nitrogen and oxygen atoms in total. The van der Waals surface area contributed by atoms with Gasteiger partial charge in [0.2, 0.25) is 0 Å². The Bertz CT molecular complexity index is 627. The van der Waals surface area contributed by atoms with Crippen LogP contribution in [0.3, 0.4) is 0 Å². The van der Waals surface area contributed by atoms with Crippen molar-refractivity contribution in [3.8, 4) is 0 Å². The lowest BCUT2D eigenvalue weighted by atomic mass is 10.3. The first kappa shape index (κ1) is 15.1. The summed E-state index contributed by atoms with van der Waals surface area (Å²) in [4.78, 5) is 1.91. The summed E-state index contributed by atoms with van der Waals surface area (Å²) in [6, 6.07) is 7.16. The molecule has 2 rings (SSSR count). The van der Waals surface area contributed by atoms with Gasteiger partial charge in [-0.1, -0.05) is 23.2 Å². The first-order valence-electron chi connectivity index (χ1n) is 5.91. The van der Waals surface area contributed by atoms with Crippen LogP contribution < -0.4 is 5.32 Å². The lowest BCUT2D eigenvalue weighted by molar-refractivity contribution is 0.482. The molecule has 7 heteroatoms. The van der Waals surface area contributed by atoms with Crippen LogP contribution >= 0.6 is 35.4 Å². The van der Waals surface area contributed by atoms with E-state index in [-0.39, 0.29) is 0 Å². The number of rotatable bonds is 3. The maximum Gasteiger partial charge on any atom is 0.173 e. The minimum absolute atomic E-state index is 0.565. The van der Waals surface area contributed by atoms with Gasteiger partial charge in [-0.15, -0.1) is 0 Å². The molecule has 0 atom stereocenters. The Morgan fingerprint density at radius 1 is 1.40 bits per heavy atom. The summed E-state index contributed by atoms with van der Waals surface area (Å²) >= 11 is 17.4. The Morgan fingerprint density at radius 2 is 2.15 bits per heavy atom. The molecule has 0 spiro atoms. The number of thiocarbonyl (C=S) groups is 1. The maximum atomic E-state index is 6.10. The van der Waals surface area contributed by atoms with Crippen LogP contribution in [0.5, 0.6) is 0 Å². The highest BCUT2D eigenvalue weighted by Crippen LogP contribution is 2.25. The fraction of sp³-hybridized carbons (Fsp3) is 0.231. The topological polar surface area (TPSA) is 33.1 Å². The van der Waals surface area contributed by atoms with Gasteiger partial charge in [0.1, 0.15) is 0 Å². The molecule has 0 unspecified atom stereocenters. The van der Waals surface area contributed by atoms with Crippen molar-refractivity contribution in [2.45, 2.75) is 6.54 Å². The molecule has 0 saturated heterocycles. The third kappa shape index (κ3) is 3.62. The van der Waals surface area contributed by atoms with Gasteiger partial charge in [-0.3, -0.25) is 4.68 Å². The van der Waals surface area contributed by atoms with E-state index in [0.717, 1.165) is 5.69 Å². The molecule has 0 aliphatic carbocycles. The van der Waals surface area contributed by atoms with Crippen LogP contribution in [-0.2, 0) is 13.6 Å². The van der Waals surface area contributed by atoms with Crippen molar-refractivity contribution in [3.05, 3.63) is 46.2 Å². The van der Waals surface area contributed by atoms with Crippen LogP contribution in [0.25, 0.3) is 0 Å². The monoisotopic (exact) mass is 328 g/mol. The second kappa shape index (κ2) is 6.43. The van der Waals surface area contributed by atoms with Crippen molar-refractivity contribution in [1.82, 2.24) is 14.7 Å². The van der Waals surface area contributed by atoms with E-state index in [4.69, 9.17) is 35.4 Å². The van der Waals surface area contributed by atoms with E-state index in [1.807, 2.05) is 29.7 Å². The van der Waals surface area contributed by atoms with Crippen molar-refractivity contribution >= 4 is 46.2 Å². The molecule has 0 saturated carbocycles. The van der Waals surface area contributed by atoms with E-state index >= 15 is 0 Å². The van der Waals surface area contributed by atoms with Gasteiger partial charge >= 0.3 is 0 Å². The molecular formula is C13H14Cl2N4S. The van der Waals surface area contributed by atoms with Crippen LogP contribution in [0.2, 0.25) is 10.0 Å². The quantitative estimate of drug-likeness (QED) is 0.873. The van der Waals surface area contributed by atoms with Gasteiger partial charge in [0.25, 0.3) is 0 Å². The van der Waals surface area contributed by atoms with Gasteiger partial charge in [-0.05, 0) is 36.5 Å². The van der Waals surface area contributed by atoms with E-state index in [1.165, 1.54) is 0 Å². The van der Waals surface area contributed by atoms with Crippen LogP contribution in [0.15, 0.2) is 30.5 Å². The fourth-order valence-corrected chi connectivity index (χ4v) is 2.19. The number of benzene rings is 1. The zero-order valence-electron chi connectivity index (χ0n) is 11.1. The number of hydrogen-bond acceptors (Lipinski definition) is 2. The highest BCUT2D eigenvalue weighted by atomic mass is 35.5. The van der Waals surface area contributed by atoms with Crippen LogP contribution in [0, 0.1) is 0 Å². The molecule has 2 aromatic rings. The third-order valence-electron chi connectivity index (χ3n) is 2.84. The number of aryl methyl sites for hydroxylation is 1. The summed E-state index contributed by atoms with van der Waals surface area (Å²) in [6.45, 7) is 0.653. The number of nitrogens with zero attached hydrogens (tertiary/aromatic N) is 3. The molecule has 106 valence electrons. The molecule has 0 bridgehead atoms. The summed E-state index contributed by atoms with van der Waals surface area (Å²) in [5.74, 6) is 0. The summed E-state index contributed by atoms with van der Waals surface area (Å²) in [7, 11) is 3.80. The Labute approximate surface area is 133 Å². The molecule has 1 heterocycles. The summed E-state index contributed by atoms with van der Waals surface area (Å²) in [6.07, 6.45) is 1.76. The SMILES string of the molecule is CN(Cc1ccnn1C)C(=S)Nc1cc(Cl)ccc1Cl. The lowest BCUT2D eigenvalue weighted by Gasteiger charge is -2.21. The minimum Gasteiger partial charge on any atom is -0.346 e. The Balaban J connectivity index is 2.04. The highest BCUT2D eigenvalue weighted by Gasteiger charge is 2.10. The number of anilines is 1. The van der Waals surface area contributed by atoms with Gasteiger partial charge in [0.15, 0.2) is 5.11 Å². The predicted octanol–water partition coefficient (Wildman–Crippen LogP) is 3.56. The van der Waals surface area contributed by atoms with Crippen molar-refractivity contribution in [3.63, 3.8) is 0 Å². The van der Waals surface area contributed by atoms with Crippen LogP contribution in [0.4, 0.5) is 5.69 Å². The van der Waals surface area contributed by atoms with Crippen LogP contribution in [-0.4, -0.2) is 26.8 Å². The molecule has 1 aromatic carbocycles. The molecular weight excluding hydrogens is 315 g/mol. The number of halogens is 2. The van der Waals surface area contributed by atoms with Gasteiger partial charge in [-0.2, -0.15) is 5.10 Å². The Morgan fingerprint density at radius 3 is 2.80 bits per heavy atom. The average Bonchev–Trinajstić information content (AvgIpc) is 2.79. The third-order valence-corrected chi connectivity index (χ3v) is 3.82. The van der Waals surface area contributed by atoms with E-state index in [1.54, 1.807) is 24.4 Å². The van der Waals surface area contributed by atoms with E-state index in [2.05, 4.69) is 10.4 Å². The number of nitrogens with one attached hydrogen (secondary N) is 1. The van der Waals surface area contributed by atoms with E-state index in [9.17, 15) is 0 Å². The first-order valence-corrected chi connectivity index (χ1v) is 7.08. The molecule has 0 radical (unpaired) electrons. The standard InChI is InChI=1S/C13H14Cl2N4S/c1-18(8-10-5-6-16-19(10)2)13(20)17-12-7-9(14)3-4-11(12)15/h3-7H,8H2,1-2H3,(H,17,20). The molecule has 1 N–H and O–H groups in total. The summed E-state index contributed by atoms with van der Waals surface area (Å²) in [5.41, 5.74) is 1.76. The largest absolute Gasteiger partial charge is 0.346 e. The number of aromatic nitrogens is 2. The minimum atomic E-state index is 0.565. The smallest absolute Gasteiger partial charge is 0.173 e. The molecule has 0 amide bonds. The summed E-state index contributed by atoms with van der Waals surface area (Å²) in [5, 5.41) is 8.97. The van der Waals surface area contributed by atoms with Gasteiger partial charge < -0.3 is 10.2 Å². The molecule has 1 aromatic heterocycles. The van der Waals surface area contributed by atoms with Gasteiger partial charge in [0.05, 0.1) is 22.9 Å². The highest BCUT2D eigenvalue weighted by molar-refractivity contribution is 7.80. The summed E-state index contributed by atoms with van der Waals surface area (Å²) < 4.78 is 1.81. The zero-order chi connectivity index (χ0) is 14.7. The normalized spacial score (nSPS) is 10.4. The first-order chi connectivity index (χ1) is 9.47. The van der Waals surface area contributed by atoms with E-state index < -0.39 is 0 Å². The van der Waals surface area contributed by atoms with Crippen molar-refractivity contribution in [1.29, 1.82) is 0 Å². The molecule has 0 fully saturated rings. The van der Waals surface area contributed by atoms with Crippen molar-refractivity contribution in [2.75, 3.05) is 12.4 Å². The maximum absolute atomic E-state index is 6.10. The van der Waals surface area contributed by atoms with Crippen molar-refractivity contribution < 1.29 is 0 Å². The molecule has 0 aliphatic heterocycles.